The van der Waals surface area contributed by atoms with Crippen LogP contribution >= 0.6 is 0 Å². The van der Waals surface area contributed by atoms with Crippen molar-refractivity contribution in [1.82, 2.24) is 5.32 Å². The fraction of sp³-hybridized carbons (Fsp3) is 0.588. The van der Waals surface area contributed by atoms with E-state index in [4.69, 9.17) is 10.00 Å². The summed E-state index contributed by atoms with van der Waals surface area (Å²) in [5, 5.41) is 12.3. The molecule has 0 atom stereocenters. The van der Waals surface area contributed by atoms with Crippen LogP contribution in [0.2, 0.25) is 0 Å². The summed E-state index contributed by atoms with van der Waals surface area (Å²) < 4.78 is 19.5. The van der Waals surface area contributed by atoms with E-state index in [1.165, 1.54) is 6.07 Å². The van der Waals surface area contributed by atoms with Gasteiger partial charge in [0.05, 0.1) is 18.1 Å². The molecule has 1 aromatic carbocycles. The Balaban J connectivity index is 2.65. The predicted molar refractivity (Wildman–Crippen MR) is 82.5 cm³/mol. The highest BCUT2D eigenvalue weighted by atomic mass is 19.1. The molecule has 116 valence electrons. The quantitative estimate of drug-likeness (QED) is 0.790. The third-order valence-electron chi connectivity index (χ3n) is 3.19. The van der Waals surface area contributed by atoms with E-state index < -0.39 is 5.41 Å². The van der Waals surface area contributed by atoms with Gasteiger partial charge in [-0.2, -0.15) is 5.26 Å². The second-order valence-corrected chi connectivity index (χ2v) is 6.35. The van der Waals surface area contributed by atoms with Crippen molar-refractivity contribution in [2.45, 2.75) is 40.7 Å². The minimum atomic E-state index is -0.457. The number of halogens is 1. The lowest BCUT2D eigenvalue weighted by atomic mass is 9.92. The van der Waals surface area contributed by atoms with Gasteiger partial charge in [-0.3, -0.25) is 0 Å². The standard InChI is InChI=1S/C17H25FN2O/c1-13(2)10-20-11-14-6-5-7-15(18)16(14)21-9-8-17(3,4)12-19/h5-7,13,20H,8-11H2,1-4H3. The summed E-state index contributed by atoms with van der Waals surface area (Å²) in [5.41, 5.74) is 0.354. The van der Waals surface area contributed by atoms with E-state index in [1.807, 2.05) is 19.9 Å². The van der Waals surface area contributed by atoms with Crippen LogP contribution in [0.15, 0.2) is 18.2 Å². The maximum absolute atomic E-state index is 13.9. The van der Waals surface area contributed by atoms with Gasteiger partial charge in [-0.15, -0.1) is 0 Å². The van der Waals surface area contributed by atoms with Crippen molar-refractivity contribution in [1.29, 1.82) is 5.26 Å². The second-order valence-electron chi connectivity index (χ2n) is 6.35. The number of hydrogen-bond donors (Lipinski definition) is 1. The fourth-order valence-electron chi connectivity index (χ4n) is 1.81. The summed E-state index contributed by atoms with van der Waals surface area (Å²) in [6, 6.07) is 7.17. The first-order valence-electron chi connectivity index (χ1n) is 7.38. The van der Waals surface area contributed by atoms with Crippen LogP contribution < -0.4 is 10.1 Å². The molecular formula is C17H25FN2O. The second kappa shape index (κ2) is 7.99. The minimum absolute atomic E-state index is 0.294. The normalized spacial score (nSPS) is 11.5. The molecular weight excluding hydrogens is 267 g/mol. The van der Waals surface area contributed by atoms with Crippen LogP contribution in [0.5, 0.6) is 5.75 Å². The zero-order chi connectivity index (χ0) is 15.9. The van der Waals surface area contributed by atoms with Gasteiger partial charge in [0, 0.05) is 12.1 Å². The molecule has 21 heavy (non-hydrogen) atoms. The molecule has 1 rings (SSSR count). The lowest BCUT2D eigenvalue weighted by Gasteiger charge is -2.17. The molecule has 0 aromatic heterocycles. The van der Waals surface area contributed by atoms with Crippen LogP contribution in [0.1, 0.15) is 39.7 Å². The van der Waals surface area contributed by atoms with Crippen molar-refractivity contribution in [2.24, 2.45) is 11.3 Å². The topological polar surface area (TPSA) is 45.0 Å². The number of rotatable bonds is 8. The van der Waals surface area contributed by atoms with E-state index in [-0.39, 0.29) is 5.82 Å². The van der Waals surface area contributed by atoms with Gasteiger partial charge in [-0.25, -0.2) is 4.39 Å². The Morgan fingerprint density at radius 3 is 2.71 bits per heavy atom. The first kappa shape index (κ1) is 17.5. The average molecular weight is 292 g/mol. The molecule has 0 fully saturated rings. The summed E-state index contributed by atoms with van der Waals surface area (Å²) in [6.45, 7) is 9.73. The van der Waals surface area contributed by atoms with Crippen molar-refractivity contribution in [3.63, 3.8) is 0 Å². The van der Waals surface area contributed by atoms with Gasteiger partial charge in [0.15, 0.2) is 11.6 Å². The SMILES string of the molecule is CC(C)CNCc1cccc(F)c1OCCC(C)(C)C#N. The number of nitriles is 1. The van der Waals surface area contributed by atoms with Gasteiger partial charge >= 0.3 is 0 Å². The molecule has 0 unspecified atom stereocenters. The Labute approximate surface area is 127 Å². The maximum atomic E-state index is 13.9. The molecule has 0 bridgehead atoms. The van der Waals surface area contributed by atoms with Gasteiger partial charge in [0.2, 0.25) is 0 Å². The number of hydrogen-bond acceptors (Lipinski definition) is 3. The van der Waals surface area contributed by atoms with Crippen LogP contribution in [0.3, 0.4) is 0 Å². The minimum Gasteiger partial charge on any atom is -0.490 e. The van der Waals surface area contributed by atoms with Crippen LogP contribution in [-0.2, 0) is 6.54 Å². The Morgan fingerprint density at radius 2 is 2.10 bits per heavy atom. The van der Waals surface area contributed by atoms with Gasteiger partial charge in [0.1, 0.15) is 0 Å². The Kier molecular flexibility index (Phi) is 6.64. The zero-order valence-electron chi connectivity index (χ0n) is 13.4. The Morgan fingerprint density at radius 1 is 1.38 bits per heavy atom. The van der Waals surface area contributed by atoms with Crippen LogP contribution in [0, 0.1) is 28.5 Å². The van der Waals surface area contributed by atoms with E-state index in [9.17, 15) is 4.39 Å². The number of ether oxygens (including phenoxy) is 1. The number of nitrogens with one attached hydrogen (secondary N) is 1. The zero-order valence-corrected chi connectivity index (χ0v) is 13.4. The maximum Gasteiger partial charge on any atom is 0.165 e. The van der Waals surface area contributed by atoms with Crippen molar-refractivity contribution in [3.8, 4) is 11.8 Å². The Bertz CT molecular complexity index is 492. The van der Waals surface area contributed by atoms with E-state index in [0.29, 0.717) is 31.2 Å². The smallest absolute Gasteiger partial charge is 0.165 e. The summed E-state index contributed by atoms with van der Waals surface area (Å²) in [5.74, 6) is 0.482. The van der Waals surface area contributed by atoms with Crippen LogP contribution in [0.25, 0.3) is 0 Å². The molecule has 4 heteroatoms. The number of benzene rings is 1. The van der Waals surface area contributed by atoms with Crippen LogP contribution in [0.4, 0.5) is 4.39 Å². The van der Waals surface area contributed by atoms with Gasteiger partial charge < -0.3 is 10.1 Å². The number of para-hydroxylation sites is 1. The van der Waals surface area contributed by atoms with Crippen molar-refractivity contribution in [3.05, 3.63) is 29.6 Å². The molecule has 0 aliphatic rings. The number of nitrogens with zero attached hydrogens (tertiary/aromatic N) is 1. The van der Waals surface area contributed by atoms with E-state index in [1.54, 1.807) is 6.07 Å². The lowest BCUT2D eigenvalue weighted by molar-refractivity contribution is 0.251. The molecule has 1 aromatic rings. The first-order valence-corrected chi connectivity index (χ1v) is 7.38. The highest BCUT2D eigenvalue weighted by molar-refractivity contribution is 5.34. The molecule has 0 heterocycles. The summed E-state index contributed by atoms with van der Waals surface area (Å²) in [4.78, 5) is 0. The van der Waals surface area contributed by atoms with E-state index >= 15 is 0 Å². The molecule has 0 spiro atoms. The van der Waals surface area contributed by atoms with E-state index in [2.05, 4.69) is 25.2 Å². The van der Waals surface area contributed by atoms with Gasteiger partial charge in [-0.1, -0.05) is 26.0 Å². The molecule has 1 N–H and O–H groups in total. The van der Waals surface area contributed by atoms with Crippen molar-refractivity contribution in [2.75, 3.05) is 13.2 Å². The lowest BCUT2D eigenvalue weighted by Crippen LogP contribution is -2.20. The summed E-state index contributed by atoms with van der Waals surface area (Å²) >= 11 is 0. The Hall–Kier alpha value is -1.60. The molecule has 0 amide bonds. The molecule has 3 nitrogen and oxygen atoms in total. The predicted octanol–water partition coefficient (Wildman–Crippen LogP) is 3.89. The summed E-state index contributed by atoms with van der Waals surface area (Å²) in [6.07, 6.45) is 0.566. The van der Waals surface area contributed by atoms with Gasteiger partial charge in [-0.05, 0) is 38.8 Å². The van der Waals surface area contributed by atoms with Crippen molar-refractivity contribution < 1.29 is 9.13 Å². The monoisotopic (exact) mass is 292 g/mol. The molecule has 0 radical (unpaired) electrons. The van der Waals surface area contributed by atoms with Gasteiger partial charge in [0.25, 0.3) is 0 Å². The summed E-state index contributed by atoms with van der Waals surface area (Å²) in [7, 11) is 0. The molecule has 0 saturated heterocycles. The van der Waals surface area contributed by atoms with Crippen LogP contribution in [-0.4, -0.2) is 13.2 Å². The first-order chi connectivity index (χ1) is 9.85. The highest BCUT2D eigenvalue weighted by Gasteiger charge is 2.17. The van der Waals surface area contributed by atoms with E-state index in [0.717, 1.165) is 12.1 Å². The molecule has 0 saturated carbocycles. The third kappa shape index (κ3) is 6.14. The highest BCUT2D eigenvalue weighted by Crippen LogP contribution is 2.25. The average Bonchev–Trinajstić information content (AvgIpc) is 2.41. The van der Waals surface area contributed by atoms with Crippen molar-refractivity contribution >= 4 is 0 Å². The molecule has 0 aliphatic heterocycles. The molecule has 0 aliphatic carbocycles. The largest absolute Gasteiger partial charge is 0.490 e. The fourth-order valence-corrected chi connectivity index (χ4v) is 1.81. The third-order valence-corrected chi connectivity index (χ3v) is 3.19.